The Morgan fingerprint density at radius 1 is 1.14 bits per heavy atom. The van der Waals surface area contributed by atoms with Crippen LogP contribution in [0.4, 0.5) is 5.00 Å². The van der Waals surface area contributed by atoms with Gasteiger partial charge in [-0.2, -0.15) is 0 Å². The Morgan fingerprint density at radius 3 is 2.52 bits per heavy atom. The highest BCUT2D eigenvalue weighted by molar-refractivity contribution is 7.89. The van der Waals surface area contributed by atoms with E-state index >= 15 is 0 Å². The number of hydrogen-bond acceptors (Lipinski definition) is 6. The first-order valence-electron chi connectivity index (χ1n) is 9.49. The lowest BCUT2D eigenvalue weighted by molar-refractivity contribution is -0.115. The second-order valence-electron chi connectivity index (χ2n) is 6.82. The van der Waals surface area contributed by atoms with Crippen LogP contribution in [0.25, 0.3) is 0 Å². The SMILES string of the molecule is CCOC(=O)c1c(NC(=O)CNS(=O)(=O)c2ccc(C)cc2)sc2c1CCCC2. The summed E-state index contributed by atoms with van der Waals surface area (Å²) in [6.45, 7) is 3.40. The van der Waals surface area contributed by atoms with Crippen molar-refractivity contribution in [2.75, 3.05) is 18.5 Å². The van der Waals surface area contributed by atoms with Crippen LogP contribution in [-0.4, -0.2) is 33.4 Å². The van der Waals surface area contributed by atoms with E-state index in [4.69, 9.17) is 4.74 Å². The molecule has 1 aliphatic rings. The van der Waals surface area contributed by atoms with E-state index in [-0.39, 0.29) is 11.5 Å². The lowest BCUT2D eigenvalue weighted by Gasteiger charge is -2.12. The van der Waals surface area contributed by atoms with E-state index in [0.29, 0.717) is 10.6 Å². The molecule has 0 saturated heterocycles. The molecule has 1 aliphatic carbocycles. The maximum Gasteiger partial charge on any atom is 0.341 e. The molecule has 0 radical (unpaired) electrons. The Morgan fingerprint density at radius 2 is 1.83 bits per heavy atom. The molecule has 29 heavy (non-hydrogen) atoms. The molecule has 0 unspecified atom stereocenters. The summed E-state index contributed by atoms with van der Waals surface area (Å²) in [7, 11) is -3.80. The Hall–Kier alpha value is -2.23. The standard InChI is InChI=1S/C20H24N2O5S2/c1-3-27-20(24)18-15-6-4-5-7-16(15)28-19(18)22-17(23)12-21-29(25,26)14-10-8-13(2)9-11-14/h8-11,21H,3-7,12H2,1-2H3,(H,22,23). The van der Waals surface area contributed by atoms with Crippen molar-refractivity contribution in [1.29, 1.82) is 0 Å². The highest BCUT2D eigenvalue weighted by Crippen LogP contribution is 2.38. The number of fused-ring (bicyclic) bond motifs is 1. The third-order valence-corrected chi connectivity index (χ3v) is 7.28. The highest BCUT2D eigenvalue weighted by Gasteiger charge is 2.27. The predicted molar refractivity (Wildman–Crippen MR) is 112 cm³/mol. The summed E-state index contributed by atoms with van der Waals surface area (Å²) in [4.78, 5) is 26.0. The monoisotopic (exact) mass is 436 g/mol. The molecule has 9 heteroatoms. The van der Waals surface area contributed by atoms with Gasteiger partial charge in [0.1, 0.15) is 5.00 Å². The van der Waals surface area contributed by atoms with E-state index < -0.39 is 28.4 Å². The van der Waals surface area contributed by atoms with Crippen molar-refractivity contribution in [3.63, 3.8) is 0 Å². The van der Waals surface area contributed by atoms with Crippen LogP contribution in [0, 0.1) is 6.92 Å². The maximum atomic E-state index is 12.4. The molecule has 0 fully saturated rings. The van der Waals surface area contributed by atoms with Crippen molar-refractivity contribution >= 4 is 38.2 Å². The molecular weight excluding hydrogens is 412 g/mol. The quantitative estimate of drug-likeness (QED) is 0.650. The van der Waals surface area contributed by atoms with Crippen molar-refractivity contribution in [2.45, 2.75) is 44.4 Å². The first kappa shape index (κ1) is 21.5. The number of aryl methyl sites for hydroxylation is 2. The largest absolute Gasteiger partial charge is 0.462 e. The van der Waals surface area contributed by atoms with E-state index in [2.05, 4.69) is 10.0 Å². The topological polar surface area (TPSA) is 102 Å². The zero-order chi connectivity index (χ0) is 21.0. The minimum atomic E-state index is -3.80. The summed E-state index contributed by atoms with van der Waals surface area (Å²) in [6.07, 6.45) is 3.66. The smallest absolute Gasteiger partial charge is 0.341 e. The molecule has 1 amide bonds. The first-order chi connectivity index (χ1) is 13.8. The van der Waals surface area contributed by atoms with Gasteiger partial charge in [-0.15, -0.1) is 11.3 Å². The van der Waals surface area contributed by atoms with E-state index in [1.807, 2.05) is 6.92 Å². The molecule has 1 aromatic heterocycles. The summed E-state index contributed by atoms with van der Waals surface area (Å²) in [6, 6.07) is 6.36. The van der Waals surface area contributed by atoms with E-state index in [9.17, 15) is 18.0 Å². The Balaban J connectivity index is 1.73. The van der Waals surface area contributed by atoms with Gasteiger partial charge in [-0.25, -0.2) is 17.9 Å². The third kappa shape index (κ3) is 5.04. The van der Waals surface area contributed by atoms with Crippen LogP contribution in [0.1, 0.15) is 46.1 Å². The van der Waals surface area contributed by atoms with Gasteiger partial charge in [0.25, 0.3) is 0 Å². The van der Waals surface area contributed by atoms with E-state index in [1.165, 1.54) is 23.5 Å². The molecular formula is C20H24N2O5S2. The Labute approximate surface area is 174 Å². The average Bonchev–Trinajstić information content (AvgIpc) is 3.05. The van der Waals surface area contributed by atoms with E-state index in [0.717, 1.165) is 41.7 Å². The summed E-state index contributed by atoms with van der Waals surface area (Å²) in [5.41, 5.74) is 2.28. The lowest BCUT2D eigenvalue weighted by Crippen LogP contribution is -2.33. The molecule has 2 aromatic rings. The fourth-order valence-corrected chi connectivity index (χ4v) is 5.48. The lowest BCUT2D eigenvalue weighted by atomic mass is 9.95. The molecule has 0 atom stereocenters. The predicted octanol–water partition coefficient (Wildman–Crippen LogP) is 3.03. The van der Waals surface area contributed by atoms with Gasteiger partial charge >= 0.3 is 5.97 Å². The highest BCUT2D eigenvalue weighted by atomic mass is 32.2. The fraction of sp³-hybridized carbons (Fsp3) is 0.400. The second kappa shape index (κ2) is 9.06. The first-order valence-corrected chi connectivity index (χ1v) is 11.8. The Kier molecular flexibility index (Phi) is 6.71. The number of hydrogen-bond donors (Lipinski definition) is 2. The van der Waals surface area contributed by atoms with Gasteiger partial charge in [-0.05, 0) is 57.2 Å². The molecule has 1 aromatic carbocycles. The number of nitrogens with one attached hydrogen (secondary N) is 2. The van der Waals surface area contributed by atoms with Crippen molar-refractivity contribution in [2.24, 2.45) is 0 Å². The third-order valence-electron chi connectivity index (χ3n) is 4.66. The molecule has 0 bridgehead atoms. The van der Waals surface area contributed by atoms with E-state index in [1.54, 1.807) is 19.1 Å². The summed E-state index contributed by atoms with van der Waals surface area (Å²) in [5, 5.41) is 3.12. The van der Waals surface area contributed by atoms with Crippen LogP contribution < -0.4 is 10.0 Å². The molecule has 7 nitrogen and oxygen atoms in total. The number of carbonyl (C=O) groups excluding carboxylic acids is 2. The van der Waals surface area contributed by atoms with Crippen LogP contribution in [0.2, 0.25) is 0 Å². The number of ether oxygens (including phenoxy) is 1. The van der Waals surface area contributed by atoms with Crippen LogP contribution in [0.3, 0.4) is 0 Å². The molecule has 3 rings (SSSR count). The van der Waals surface area contributed by atoms with Crippen molar-refractivity contribution in [3.8, 4) is 0 Å². The van der Waals surface area contributed by atoms with Crippen molar-refractivity contribution in [3.05, 3.63) is 45.8 Å². The average molecular weight is 437 g/mol. The van der Waals surface area contributed by atoms with Gasteiger partial charge in [-0.3, -0.25) is 4.79 Å². The van der Waals surface area contributed by atoms with Gasteiger partial charge in [0.15, 0.2) is 0 Å². The number of rotatable bonds is 7. The molecule has 1 heterocycles. The Bertz CT molecular complexity index is 1010. The van der Waals surface area contributed by atoms with Crippen molar-refractivity contribution in [1.82, 2.24) is 4.72 Å². The van der Waals surface area contributed by atoms with Crippen LogP contribution in [0.5, 0.6) is 0 Å². The number of thiophene rings is 1. The number of carbonyl (C=O) groups is 2. The van der Waals surface area contributed by atoms with Gasteiger partial charge in [0.2, 0.25) is 15.9 Å². The molecule has 0 saturated carbocycles. The maximum absolute atomic E-state index is 12.4. The number of anilines is 1. The number of amides is 1. The number of esters is 1. The fourth-order valence-electron chi connectivity index (χ4n) is 3.21. The molecule has 0 aliphatic heterocycles. The normalized spacial score (nSPS) is 13.6. The second-order valence-corrected chi connectivity index (χ2v) is 9.69. The van der Waals surface area contributed by atoms with Crippen LogP contribution in [0.15, 0.2) is 29.2 Å². The summed E-state index contributed by atoms with van der Waals surface area (Å²) >= 11 is 1.37. The summed E-state index contributed by atoms with van der Waals surface area (Å²) in [5.74, 6) is -0.993. The molecule has 2 N–H and O–H groups in total. The van der Waals surface area contributed by atoms with Crippen LogP contribution >= 0.6 is 11.3 Å². The zero-order valence-electron chi connectivity index (χ0n) is 16.4. The van der Waals surface area contributed by atoms with Crippen LogP contribution in [-0.2, 0) is 32.4 Å². The van der Waals surface area contributed by atoms with Gasteiger partial charge in [-0.1, -0.05) is 17.7 Å². The van der Waals surface area contributed by atoms with Crippen molar-refractivity contribution < 1.29 is 22.7 Å². The molecule has 156 valence electrons. The van der Waals surface area contributed by atoms with Gasteiger partial charge in [0, 0.05) is 4.88 Å². The minimum absolute atomic E-state index is 0.0923. The summed E-state index contributed by atoms with van der Waals surface area (Å²) < 4.78 is 32.2. The molecule has 0 spiro atoms. The van der Waals surface area contributed by atoms with Gasteiger partial charge in [0.05, 0.1) is 23.6 Å². The minimum Gasteiger partial charge on any atom is -0.462 e. The number of sulfonamides is 1. The van der Waals surface area contributed by atoms with Gasteiger partial charge < -0.3 is 10.1 Å². The zero-order valence-corrected chi connectivity index (χ0v) is 18.0. The number of benzene rings is 1.